The molecular formula is C12H16N4. The molecule has 0 aliphatic rings. The zero-order valence-corrected chi connectivity index (χ0v) is 9.11. The smallest absolute Gasteiger partial charge is 0.185 e. The molecule has 0 bridgehead atoms. The summed E-state index contributed by atoms with van der Waals surface area (Å²) in [6.45, 7) is 0.682. The second-order valence-electron chi connectivity index (χ2n) is 3.77. The summed E-state index contributed by atoms with van der Waals surface area (Å²) in [7, 11) is 0. The zero-order valence-electron chi connectivity index (χ0n) is 9.11. The number of fused-ring (bicyclic) bond motifs is 1. The first kappa shape index (κ1) is 10.5. The molecule has 4 heteroatoms. The summed E-state index contributed by atoms with van der Waals surface area (Å²) in [4.78, 5) is 7.22. The van der Waals surface area contributed by atoms with Crippen LogP contribution >= 0.6 is 0 Å². The van der Waals surface area contributed by atoms with Gasteiger partial charge in [-0.15, -0.1) is 0 Å². The molecular weight excluding hydrogens is 200 g/mol. The fourth-order valence-corrected chi connectivity index (χ4v) is 1.82. The Morgan fingerprint density at radius 2 is 2.06 bits per heavy atom. The summed E-state index contributed by atoms with van der Waals surface area (Å²) in [5.74, 6) is 0.166. The van der Waals surface area contributed by atoms with E-state index in [0.717, 1.165) is 12.8 Å². The number of aliphatic imine (C=N–C) groups is 1. The van der Waals surface area contributed by atoms with Crippen LogP contribution in [0.4, 0.5) is 0 Å². The van der Waals surface area contributed by atoms with Crippen molar-refractivity contribution in [1.29, 1.82) is 0 Å². The molecule has 0 atom stereocenters. The van der Waals surface area contributed by atoms with Crippen molar-refractivity contribution in [1.82, 2.24) is 4.98 Å². The van der Waals surface area contributed by atoms with Gasteiger partial charge in [0.1, 0.15) is 0 Å². The lowest BCUT2D eigenvalue weighted by atomic mass is 10.1. The average molecular weight is 216 g/mol. The molecule has 0 unspecified atom stereocenters. The summed E-state index contributed by atoms with van der Waals surface area (Å²) in [5, 5.41) is 1.28. The fraction of sp³-hybridized carbons (Fsp3) is 0.250. The SMILES string of the molecule is NC(N)=NCCCc1c[nH]c2ccccc12. The molecule has 0 aliphatic carbocycles. The minimum absolute atomic E-state index is 0.166. The molecule has 4 nitrogen and oxygen atoms in total. The standard InChI is InChI=1S/C12H16N4/c13-12(14)15-7-3-4-9-8-16-11-6-2-1-5-10(9)11/h1-2,5-6,8,16H,3-4,7H2,(H4,13,14,15). The van der Waals surface area contributed by atoms with Gasteiger partial charge in [0.2, 0.25) is 0 Å². The third-order valence-electron chi connectivity index (χ3n) is 2.57. The Labute approximate surface area is 94.4 Å². The highest BCUT2D eigenvalue weighted by Crippen LogP contribution is 2.18. The van der Waals surface area contributed by atoms with Crippen molar-refractivity contribution in [2.45, 2.75) is 12.8 Å². The van der Waals surface area contributed by atoms with E-state index < -0.39 is 0 Å². The molecule has 2 aromatic rings. The number of hydrogen-bond acceptors (Lipinski definition) is 1. The fourth-order valence-electron chi connectivity index (χ4n) is 1.82. The number of aromatic nitrogens is 1. The van der Waals surface area contributed by atoms with E-state index in [1.54, 1.807) is 0 Å². The molecule has 1 aromatic carbocycles. The first-order chi connectivity index (χ1) is 7.77. The maximum Gasteiger partial charge on any atom is 0.185 e. The third kappa shape index (κ3) is 2.34. The van der Waals surface area contributed by atoms with Crippen molar-refractivity contribution in [3.63, 3.8) is 0 Å². The number of aryl methyl sites for hydroxylation is 1. The van der Waals surface area contributed by atoms with E-state index in [1.807, 2.05) is 6.07 Å². The topological polar surface area (TPSA) is 80.2 Å². The van der Waals surface area contributed by atoms with Crippen LogP contribution in [0.2, 0.25) is 0 Å². The summed E-state index contributed by atoms with van der Waals surface area (Å²) in [5.41, 5.74) is 13.0. The van der Waals surface area contributed by atoms with Crippen molar-refractivity contribution in [2.24, 2.45) is 16.5 Å². The summed E-state index contributed by atoms with van der Waals surface area (Å²) in [6, 6.07) is 8.29. The second kappa shape index (κ2) is 4.70. The lowest BCUT2D eigenvalue weighted by Crippen LogP contribution is -2.23. The number of nitrogens with one attached hydrogen (secondary N) is 1. The van der Waals surface area contributed by atoms with E-state index in [4.69, 9.17) is 11.5 Å². The van der Waals surface area contributed by atoms with Crippen LogP contribution in [0.15, 0.2) is 35.5 Å². The van der Waals surface area contributed by atoms with Gasteiger partial charge in [-0.05, 0) is 24.5 Å². The van der Waals surface area contributed by atoms with E-state index in [2.05, 4.69) is 34.4 Å². The van der Waals surface area contributed by atoms with Crippen LogP contribution < -0.4 is 11.5 Å². The minimum Gasteiger partial charge on any atom is -0.370 e. The molecule has 5 N–H and O–H groups in total. The van der Waals surface area contributed by atoms with Crippen molar-refractivity contribution >= 4 is 16.9 Å². The predicted molar refractivity (Wildman–Crippen MR) is 67.3 cm³/mol. The summed E-state index contributed by atoms with van der Waals surface area (Å²) < 4.78 is 0. The van der Waals surface area contributed by atoms with Gasteiger partial charge in [-0.25, -0.2) is 0 Å². The Kier molecular flexibility index (Phi) is 3.10. The van der Waals surface area contributed by atoms with Gasteiger partial charge in [0.15, 0.2) is 5.96 Å². The van der Waals surface area contributed by atoms with Gasteiger partial charge < -0.3 is 16.5 Å². The first-order valence-electron chi connectivity index (χ1n) is 5.38. The molecule has 0 aliphatic heterocycles. The largest absolute Gasteiger partial charge is 0.370 e. The Bertz CT molecular complexity index is 494. The number of H-pyrrole nitrogens is 1. The number of nitrogens with two attached hydrogens (primary N) is 2. The Morgan fingerprint density at radius 1 is 1.25 bits per heavy atom. The average Bonchev–Trinajstić information content (AvgIpc) is 2.68. The maximum absolute atomic E-state index is 5.26. The summed E-state index contributed by atoms with van der Waals surface area (Å²) >= 11 is 0. The van der Waals surface area contributed by atoms with Crippen LogP contribution in [0.1, 0.15) is 12.0 Å². The van der Waals surface area contributed by atoms with Crippen molar-refractivity contribution < 1.29 is 0 Å². The van der Waals surface area contributed by atoms with E-state index in [0.29, 0.717) is 6.54 Å². The Morgan fingerprint density at radius 3 is 2.88 bits per heavy atom. The third-order valence-corrected chi connectivity index (χ3v) is 2.57. The molecule has 0 saturated carbocycles. The normalized spacial score (nSPS) is 10.5. The summed E-state index contributed by atoms with van der Waals surface area (Å²) in [6.07, 6.45) is 4.00. The van der Waals surface area contributed by atoms with Crippen LogP contribution in [0.3, 0.4) is 0 Å². The molecule has 2 rings (SSSR count). The molecule has 84 valence electrons. The van der Waals surface area contributed by atoms with Crippen molar-refractivity contribution in [3.05, 3.63) is 36.0 Å². The number of guanidine groups is 1. The second-order valence-corrected chi connectivity index (χ2v) is 3.77. The van der Waals surface area contributed by atoms with Gasteiger partial charge >= 0.3 is 0 Å². The number of hydrogen-bond donors (Lipinski definition) is 3. The van der Waals surface area contributed by atoms with Crippen LogP contribution in [0.25, 0.3) is 10.9 Å². The van der Waals surface area contributed by atoms with Gasteiger partial charge in [0.05, 0.1) is 0 Å². The number of para-hydroxylation sites is 1. The number of aromatic amines is 1. The van der Waals surface area contributed by atoms with Gasteiger partial charge in [-0.3, -0.25) is 4.99 Å². The molecule has 0 fully saturated rings. The van der Waals surface area contributed by atoms with Crippen LogP contribution in [-0.2, 0) is 6.42 Å². The van der Waals surface area contributed by atoms with Gasteiger partial charge in [0.25, 0.3) is 0 Å². The lowest BCUT2D eigenvalue weighted by molar-refractivity contribution is 0.835. The zero-order chi connectivity index (χ0) is 11.4. The van der Waals surface area contributed by atoms with Gasteiger partial charge in [-0.1, -0.05) is 18.2 Å². The van der Waals surface area contributed by atoms with Crippen molar-refractivity contribution in [3.8, 4) is 0 Å². The molecule has 16 heavy (non-hydrogen) atoms. The highest BCUT2D eigenvalue weighted by atomic mass is 15.0. The van der Waals surface area contributed by atoms with Crippen LogP contribution in [-0.4, -0.2) is 17.5 Å². The molecule has 0 amide bonds. The predicted octanol–water partition coefficient (Wildman–Crippen LogP) is 1.37. The molecule has 0 saturated heterocycles. The molecule has 1 aromatic heterocycles. The highest BCUT2D eigenvalue weighted by Gasteiger charge is 2.01. The van der Waals surface area contributed by atoms with E-state index in [-0.39, 0.29) is 5.96 Å². The van der Waals surface area contributed by atoms with Gasteiger partial charge in [-0.2, -0.15) is 0 Å². The molecule has 0 spiro atoms. The van der Waals surface area contributed by atoms with Crippen LogP contribution in [0.5, 0.6) is 0 Å². The Balaban J connectivity index is 2.02. The number of benzene rings is 1. The monoisotopic (exact) mass is 216 g/mol. The van der Waals surface area contributed by atoms with E-state index in [9.17, 15) is 0 Å². The van der Waals surface area contributed by atoms with E-state index in [1.165, 1.54) is 16.5 Å². The number of nitrogens with zero attached hydrogens (tertiary/aromatic N) is 1. The van der Waals surface area contributed by atoms with E-state index >= 15 is 0 Å². The number of rotatable bonds is 4. The molecule has 0 radical (unpaired) electrons. The lowest BCUT2D eigenvalue weighted by Gasteiger charge is -1.97. The highest BCUT2D eigenvalue weighted by molar-refractivity contribution is 5.83. The first-order valence-corrected chi connectivity index (χ1v) is 5.38. The van der Waals surface area contributed by atoms with Gasteiger partial charge in [0, 0.05) is 23.6 Å². The van der Waals surface area contributed by atoms with Crippen molar-refractivity contribution in [2.75, 3.05) is 6.54 Å². The Hall–Kier alpha value is -1.97. The minimum atomic E-state index is 0.166. The molecule has 1 heterocycles. The van der Waals surface area contributed by atoms with Crippen LogP contribution in [0, 0.1) is 0 Å². The quantitative estimate of drug-likeness (QED) is 0.410. The maximum atomic E-state index is 5.26.